The number of aromatic hydroxyl groups is 1. The van der Waals surface area contributed by atoms with Crippen LogP contribution in [-0.2, 0) is 0 Å². The molecule has 0 fully saturated rings. The van der Waals surface area contributed by atoms with Gasteiger partial charge in [0.05, 0.1) is 23.1 Å². The Hall–Kier alpha value is -2.56. The van der Waals surface area contributed by atoms with E-state index in [-0.39, 0.29) is 11.3 Å². The first-order valence-electron chi connectivity index (χ1n) is 5.38. The average Bonchev–Trinajstić information content (AvgIpc) is 2.33. The number of nitrogens with one attached hydrogen (secondary N) is 1. The molecule has 0 aliphatic heterocycles. The van der Waals surface area contributed by atoms with Crippen molar-refractivity contribution in [1.82, 2.24) is 4.98 Å². The highest BCUT2D eigenvalue weighted by molar-refractivity contribution is 6.07. The number of benzene rings is 1. The second-order valence-electron chi connectivity index (χ2n) is 3.94. The number of aryl methyl sites for hydroxylation is 1. The Bertz CT molecular complexity index is 597. The summed E-state index contributed by atoms with van der Waals surface area (Å²) < 4.78 is 0. The molecule has 0 aliphatic rings. The van der Waals surface area contributed by atoms with Crippen LogP contribution in [-0.4, -0.2) is 16.0 Å². The number of pyridine rings is 1. The lowest BCUT2D eigenvalue weighted by Gasteiger charge is -2.09. The molecule has 0 unspecified atom stereocenters. The smallest absolute Gasteiger partial charge is 0.259 e. The minimum absolute atomic E-state index is 0.157. The van der Waals surface area contributed by atoms with Crippen molar-refractivity contribution < 1.29 is 9.90 Å². The summed E-state index contributed by atoms with van der Waals surface area (Å²) >= 11 is 0. The number of nitrogens with two attached hydrogens (primary N) is 1. The number of anilines is 2. The van der Waals surface area contributed by atoms with E-state index in [9.17, 15) is 9.90 Å². The third kappa shape index (κ3) is 2.40. The number of carbonyl (C=O) groups is 1. The molecule has 1 amide bonds. The van der Waals surface area contributed by atoms with Crippen LogP contribution in [0.2, 0.25) is 0 Å². The van der Waals surface area contributed by atoms with Gasteiger partial charge in [0, 0.05) is 6.20 Å². The molecule has 1 aromatic carbocycles. The quantitative estimate of drug-likeness (QED) is 0.703. The van der Waals surface area contributed by atoms with Crippen LogP contribution in [0.3, 0.4) is 0 Å². The summed E-state index contributed by atoms with van der Waals surface area (Å²) in [7, 11) is 0. The van der Waals surface area contributed by atoms with Gasteiger partial charge in [0.15, 0.2) is 0 Å². The fraction of sp³-hybridized carbons (Fsp3) is 0.0769. The molecule has 0 bridgehead atoms. The van der Waals surface area contributed by atoms with Crippen LogP contribution >= 0.6 is 0 Å². The molecule has 18 heavy (non-hydrogen) atoms. The maximum atomic E-state index is 11.9. The largest absolute Gasteiger partial charge is 0.505 e. The summed E-state index contributed by atoms with van der Waals surface area (Å²) in [5.41, 5.74) is 7.96. The van der Waals surface area contributed by atoms with Crippen molar-refractivity contribution in [3.05, 3.63) is 47.8 Å². The fourth-order valence-electron chi connectivity index (χ4n) is 1.56. The molecule has 0 aliphatic carbocycles. The van der Waals surface area contributed by atoms with Crippen molar-refractivity contribution in [3.8, 4) is 5.75 Å². The third-order valence-corrected chi connectivity index (χ3v) is 2.50. The molecule has 0 saturated heterocycles. The van der Waals surface area contributed by atoms with E-state index in [1.54, 1.807) is 12.1 Å². The Labute approximate surface area is 104 Å². The molecule has 2 rings (SSSR count). The van der Waals surface area contributed by atoms with Crippen molar-refractivity contribution in [2.45, 2.75) is 6.92 Å². The van der Waals surface area contributed by atoms with Crippen LogP contribution in [0.4, 0.5) is 11.4 Å². The topological polar surface area (TPSA) is 88.2 Å². The molecule has 4 N–H and O–H groups in total. The molecule has 1 heterocycles. The number of aromatic nitrogens is 1. The number of amides is 1. The maximum absolute atomic E-state index is 11.9. The molecule has 0 radical (unpaired) electrons. The van der Waals surface area contributed by atoms with E-state index < -0.39 is 5.91 Å². The first-order chi connectivity index (χ1) is 8.58. The van der Waals surface area contributed by atoms with Crippen molar-refractivity contribution in [2.24, 2.45) is 0 Å². The lowest BCUT2D eigenvalue weighted by Crippen LogP contribution is -2.13. The Balaban J connectivity index is 2.24. The molecule has 5 nitrogen and oxygen atoms in total. The fourth-order valence-corrected chi connectivity index (χ4v) is 1.56. The summed E-state index contributed by atoms with van der Waals surface area (Å²) in [6, 6.07) is 6.77. The van der Waals surface area contributed by atoms with E-state index in [1.807, 2.05) is 13.0 Å². The highest BCUT2D eigenvalue weighted by Gasteiger charge is 2.12. The van der Waals surface area contributed by atoms with Gasteiger partial charge in [0.2, 0.25) is 0 Å². The van der Waals surface area contributed by atoms with Crippen molar-refractivity contribution in [2.75, 3.05) is 11.1 Å². The predicted molar refractivity (Wildman–Crippen MR) is 69.4 cm³/mol. The number of rotatable bonds is 2. The van der Waals surface area contributed by atoms with Gasteiger partial charge in [-0.3, -0.25) is 9.78 Å². The van der Waals surface area contributed by atoms with Crippen LogP contribution in [0.15, 0.2) is 36.7 Å². The van der Waals surface area contributed by atoms with Crippen LogP contribution < -0.4 is 11.1 Å². The summed E-state index contributed by atoms with van der Waals surface area (Å²) in [6.45, 7) is 1.91. The van der Waals surface area contributed by atoms with Gasteiger partial charge < -0.3 is 16.2 Å². The van der Waals surface area contributed by atoms with Gasteiger partial charge in [-0.1, -0.05) is 6.07 Å². The normalized spacial score (nSPS) is 10.1. The molecule has 2 aromatic rings. The van der Waals surface area contributed by atoms with Crippen molar-refractivity contribution >= 4 is 17.3 Å². The van der Waals surface area contributed by atoms with E-state index in [0.29, 0.717) is 11.4 Å². The summed E-state index contributed by atoms with van der Waals surface area (Å²) in [4.78, 5) is 15.6. The van der Waals surface area contributed by atoms with Gasteiger partial charge in [0.25, 0.3) is 5.91 Å². The summed E-state index contributed by atoms with van der Waals surface area (Å²) in [6.07, 6.45) is 2.65. The van der Waals surface area contributed by atoms with Crippen LogP contribution in [0.1, 0.15) is 15.9 Å². The highest BCUT2D eigenvalue weighted by atomic mass is 16.3. The molecule has 5 heteroatoms. The number of nitrogen functional groups attached to an aromatic ring is 1. The minimum atomic E-state index is -0.426. The van der Waals surface area contributed by atoms with Gasteiger partial charge in [-0.2, -0.15) is 0 Å². The second kappa shape index (κ2) is 4.75. The molecule has 1 aromatic heterocycles. The van der Waals surface area contributed by atoms with E-state index in [4.69, 9.17) is 5.73 Å². The molecule has 0 atom stereocenters. The number of nitrogens with zero attached hydrogens (tertiary/aromatic N) is 1. The second-order valence-corrected chi connectivity index (χ2v) is 3.94. The Morgan fingerprint density at radius 3 is 2.83 bits per heavy atom. The SMILES string of the molecule is Cc1ccc(NC(=O)c2ccncc2O)c(N)c1. The minimum Gasteiger partial charge on any atom is -0.505 e. The molecule has 0 spiro atoms. The number of hydrogen-bond acceptors (Lipinski definition) is 4. The van der Waals surface area contributed by atoms with Crippen LogP contribution in [0.5, 0.6) is 5.75 Å². The average molecular weight is 243 g/mol. The van der Waals surface area contributed by atoms with Gasteiger partial charge in [-0.05, 0) is 30.7 Å². The Morgan fingerprint density at radius 2 is 2.17 bits per heavy atom. The highest BCUT2D eigenvalue weighted by Crippen LogP contribution is 2.22. The van der Waals surface area contributed by atoms with E-state index >= 15 is 0 Å². The lowest BCUT2D eigenvalue weighted by molar-refractivity contribution is 0.102. The number of carbonyl (C=O) groups excluding carboxylic acids is 1. The summed E-state index contributed by atoms with van der Waals surface area (Å²) in [5.74, 6) is -0.592. The zero-order valence-electron chi connectivity index (χ0n) is 9.84. The maximum Gasteiger partial charge on any atom is 0.259 e. The van der Waals surface area contributed by atoms with Gasteiger partial charge in [-0.15, -0.1) is 0 Å². The Morgan fingerprint density at radius 1 is 1.39 bits per heavy atom. The van der Waals surface area contributed by atoms with Crippen LogP contribution in [0.25, 0.3) is 0 Å². The van der Waals surface area contributed by atoms with Gasteiger partial charge in [-0.25, -0.2) is 0 Å². The number of hydrogen-bond donors (Lipinski definition) is 3. The van der Waals surface area contributed by atoms with Crippen LogP contribution in [0, 0.1) is 6.92 Å². The van der Waals surface area contributed by atoms with Gasteiger partial charge >= 0.3 is 0 Å². The van der Waals surface area contributed by atoms with Crippen molar-refractivity contribution in [1.29, 1.82) is 0 Å². The summed E-state index contributed by atoms with van der Waals surface area (Å²) in [5, 5.41) is 12.2. The van der Waals surface area contributed by atoms with Gasteiger partial charge in [0.1, 0.15) is 5.75 Å². The molecular formula is C13H13N3O2. The third-order valence-electron chi connectivity index (χ3n) is 2.50. The zero-order valence-corrected chi connectivity index (χ0v) is 9.84. The predicted octanol–water partition coefficient (Wildman–Crippen LogP) is 1.93. The molecule has 92 valence electrons. The molecular weight excluding hydrogens is 230 g/mol. The monoisotopic (exact) mass is 243 g/mol. The van der Waals surface area contributed by atoms with Crippen molar-refractivity contribution in [3.63, 3.8) is 0 Å². The Kier molecular flexibility index (Phi) is 3.14. The molecule has 0 saturated carbocycles. The van der Waals surface area contributed by atoms with E-state index in [1.165, 1.54) is 18.5 Å². The van der Waals surface area contributed by atoms with E-state index in [2.05, 4.69) is 10.3 Å². The zero-order chi connectivity index (χ0) is 13.1. The first kappa shape index (κ1) is 11.9. The standard InChI is InChI=1S/C13H13N3O2/c1-8-2-3-11(10(14)6-8)16-13(18)9-4-5-15-7-12(9)17/h2-7,17H,14H2,1H3,(H,16,18). The first-order valence-corrected chi connectivity index (χ1v) is 5.38. The van der Waals surface area contributed by atoms with E-state index in [0.717, 1.165) is 5.56 Å². The lowest BCUT2D eigenvalue weighted by atomic mass is 10.1.